The fourth-order valence-electron chi connectivity index (χ4n) is 5.07. The summed E-state index contributed by atoms with van der Waals surface area (Å²) in [5.41, 5.74) is 2.68. The number of anilines is 1. The third-order valence-corrected chi connectivity index (χ3v) is 10.9. The van der Waals surface area contributed by atoms with E-state index in [1.165, 1.54) is 24.1 Å². The maximum absolute atomic E-state index is 14.6. The zero-order chi connectivity index (χ0) is 34.8. The average molecular weight is 776 g/mol. The Labute approximate surface area is 301 Å². The maximum atomic E-state index is 14.6. The maximum Gasteiger partial charge on any atom is 0.264 e. The van der Waals surface area contributed by atoms with Gasteiger partial charge >= 0.3 is 0 Å². The quantitative estimate of drug-likeness (QED) is 0.124. The molecule has 1 atom stereocenters. The minimum atomic E-state index is -4.29. The van der Waals surface area contributed by atoms with Crippen LogP contribution in [0, 0.1) is 6.92 Å². The Hall–Kier alpha value is -3.57. The zero-order valence-electron chi connectivity index (χ0n) is 27.0. The van der Waals surface area contributed by atoms with E-state index in [4.69, 9.17) is 27.9 Å². The number of nitrogens with zero attached hydrogens (tertiary/aromatic N) is 2. The third-order valence-electron chi connectivity index (χ3n) is 7.75. The van der Waals surface area contributed by atoms with Gasteiger partial charge < -0.3 is 15.0 Å². The first-order valence-electron chi connectivity index (χ1n) is 15.4. The Morgan fingerprint density at radius 1 is 0.917 bits per heavy atom. The highest BCUT2D eigenvalue weighted by molar-refractivity contribution is 9.10. The highest BCUT2D eigenvalue weighted by Gasteiger charge is 2.35. The first-order chi connectivity index (χ1) is 22.9. The van der Waals surface area contributed by atoms with E-state index in [-0.39, 0.29) is 23.8 Å². The molecule has 0 saturated heterocycles. The number of hydrogen-bond acceptors (Lipinski definition) is 5. The van der Waals surface area contributed by atoms with E-state index >= 15 is 0 Å². The van der Waals surface area contributed by atoms with Crippen LogP contribution in [-0.4, -0.2) is 51.4 Å². The van der Waals surface area contributed by atoms with Crippen molar-refractivity contribution in [2.24, 2.45) is 0 Å². The minimum absolute atomic E-state index is 0.0235. The van der Waals surface area contributed by atoms with Gasteiger partial charge in [-0.15, -0.1) is 0 Å². The summed E-state index contributed by atoms with van der Waals surface area (Å²) in [5, 5.41) is 3.62. The molecule has 12 heteroatoms. The zero-order valence-corrected chi connectivity index (χ0v) is 30.9. The summed E-state index contributed by atoms with van der Waals surface area (Å²) in [6.45, 7) is 3.74. The van der Waals surface area contributed by atoms with E-state index in [9.17, 15) is 18.0 Å². The Morgan fingerprint density at radius 2 is 1.62 bits per heavy atom. The molecule has 0 aliphatic heterocycles. The van der Waals surface area contributed by atoms with Gasteiger partial charge in [0.25, 0.3) is 10.0 Å². The first kappa shape index (κ1) is 37.3. The lowest BCUT2D eigenvalue weighted by atomic mass is 10.0. The second-order valence-corrected chi connectivity index (χ2v) is 14.8. The molecule has 4 rings (SSSR count). The molecule has 2 amide bonds. The third kappa shape index (κ3) is 9.53. The van der Waals surface area contributed by atoms with Gasteiger partial charge in [0.15, 0.2) is 0 Å². The number of aryl methyl sites for hydroxylation is 1. The number of rotatable bonds is 15. The number of ether oxygens (including phenoxy) is 1. The molecular formula is C36H38BrCl2N3O5S. The molecule has 1 N–H and O–H groups in total. The van der Waals surface area contributed by atoms with Crippen molar-refractivity contribution in [1.82, 2.24) is 10.2 Å². The van der Waals surface area contributed by atoms with E-state index in [0.29, 0.717) is 38.1 Å². The Balaban J connectivity index is 1.81. The fourth-order valence-corrected chi connectivity index (χ4v) is 7.52. The van der Waals surface area contributed by atoms with Crippen molar-refractivity contribution in [3.63, 3.8) is 0 Å². The van der Waals surface area contributed by atoms with Gasteiger partial charge in [0.2, 0.25) is 11.8 Å². The fraction of sp³-hybridized carbons (Fsp3) is 0.278. The van der Waals surface area contributed by atoms with Gasteiger partial charge in [-0.3, -0.25) is 13.9 Å². The monoisotopic (exact) mass is 773 g/mol. The lowest BCUT2D eigenvalue weighted by Gasteiger charge is -2.34. The van der Waals surface area contributed by atoms with E-state index in [0.717, 1.165) is 28.3 Å². The van der Waals surface area contributed by atoms with Crippen LogP contribution in [0.5, 0.6) is 5.75 Å². The van der Waals surface area contributed by atoms with Crippen molar-refractivity contribution < 1.29 is 22.7 Å². The molecule has 0 heterocycles. The molecule has 4 aromatic carbocycles. The van der Waals surface area contributed by atoms with E-state index < -0.39 is 28.5 Å². The summed E-state index contributed by atoms with van der Waals surface area (Å²) in [5.74, 6) is -0.466. The molecule has 48 heavy (non-hydrogen) atoms. The van der Waals surface area contributed by atoms with Crippen LogP contribution < -0.4 is 14.4 Å². The topological polar surface area (TPSA) is 96.0 Å². The summed E-state index contributed by atoms with van der Waals surface area (Å²) in [7, 11) is -2.81. The van der Waals surface area contributed by atoms with Gasteiger partial charge in [-0.1, -0.05) is 90.6 Å². The molecule has 0 radical (unpaired) electrons. The summed E-state index contributed by atoms with van der Waals surface area (Å²) in [4.78, 5) is 29.9. The van der Waals surface area contributed by atoms with E-state index in [2.05, 4.69) is 21.2 Å². The first-order valence-corrected chi connectivity index (χ1v) is 18.4. The van der Waals surface area contributed by atoms with Crippen molar-refractivity contribution in [1.29, 1.82) is 0 Å². The molecular weight excluding hydrogens is 737 g/mol. The van der Waals surface area contributed by atoms with Gasteiger partial charge in [0.05, 0.1) is 32.2 Å². The van der Waals surface area contributed by atoms with Crippen LogP contribution in [0.4, 0.5) is 5.69 Å². The highest BCUT2D eigenvalue weighted by atomic mass is 79.9. The van der Waals surface area contributed by atoms with Crippen LogP contribution in [0.1, 0.15) is 36.5 Å². The normalized spacial score (nSPS) is 11.9. The number of halogens is 3. The SMILES string of the molecule is CCCCNC(=O)[C@H](Cc1ccccc1)N(Cc1ccc(Cl)c(Cl)c1)C(=O)CN(c1ccc(C)cc1)S(=O)(=O)c1ccc(OC)c(Br)c1. The van der Waals surface area contributed by atoms with Crippen LogP contribution in [0.15, 0.2) is 100 Å². The molecule has 0 aliphatic rings. The number of carbonyl (C=O) groups is 2. The predicted octanol–water partition coefficient (Wildman–Crippen LogP) is 7.82. The van der Waals surface area contributed by atoms with Crippen molar-refractivity contribution >= 4 is 66.7 Å². The smallest absolute Gasteiger partial charge is 0.264 e. The van der Waals surface area contributed by atoms with Crippen molar-refractivity contribution in [3.05, 3.63) is 122 Å². The predicted molar refractivity (Wildman–Crippen MR) is 195 cm³/mol. The van der Waals surface area contributed by atoms with E-state index in [1.54, 1.807) is 48.5 Å². The van der Waals surface area contributed by atoms with Crippen LogP contribution >= 0.6 is 39.1 Å². The number of nitrogens with one attached hydrogen (secondary N) is 1. The van der Waals surface area contributed by atoms with Gasteiger partial charge in [-0.2, -0.15) is 0 Å². The Kier molecular flexibility index (Phi) is 13.3. The molecule has 0 aliphatic carbocycles. The average Bonchev–Trinajstić information content (AvgIpc) is 3.07. The number of hydrogen-bond donors (Lipinski definition) is 1. The van der Waals surface area contributed by atoms with Gasteiger partial charge in [-0.25, -0.2) is 8.42 Å². The number of unbranched alkanes of at least 4 members (excludes halogenated alkanes) is 1. The number of benzene rings is 4. The number of methoxy groups -OCH3 is 1. The van der Waals surface area contributed by atoms with Crippen LogP contribution in [0.2, 0.25) is 10.0 Å². The molecule has 0 saturated carbocycles. The van der Waals surface area contributed by atoms with Gasteiger partial charge in [0, 0.05) is 19.5 Å². The number of sulfonamides is 1. The Morgan fingerprint density at radius 3 is 2.25 bits per heavy atom. The molecule has 0 spiro atoms. The molecule has 8 nitrogen and oxygen atoms in total. The molecule has 4 aromatic rings. The van der Waals surface area contributed by atoms with E-state index in [1.807, 2.05) is 44.2 Å². The van der Waals surface area contributed by atoms with Crippen LogP contribution in [0.25, 0.3) is 0 Å². The standard InChI is InChI=1S/C36H38BrCl2N3O5S/c1-4-5-19-40-36(44)33(21-26-9-7-6-8-10-26)41(23-27-13-17-31(38)32(39)20-27)35(43)24-42(28-14-11-25(2)12-15-28)48(45,46)29-16-18-34(47-3)30(37)22-29/h6-18,20,22,33H,4-5,19,21,23-24H2,1-3H3,(H,40,44)/t33-/m0/s1. The molecule has 254 valence electrons. The minimum Gasteiger partial charge on any atom is -0.496 e. The molecule has 0 bridgehead atoms. The summed E-state index contributed by atoms with van der Waals surface area (Å²) >= 11 is 15.9. The highest BCUT2D eigenvalue weighted by Crippen LogP contribution is 2.31. The van der Waals surface area contributed by atoms with Crippen LogP contribution in [-0.2, 0) is 32.6 Å². The molecule has 0 unspecified atom stereocenters. The number of carbonyl (C=O) groups excluding carboxylic acids is 2. The molecule has 0 fully saturated rings. The Bertz CT molecular complexity index is 1830. The summed E-state index contributed by atoms with van der Waals surface area (Å²) < 4.78 is 35.4. The van der Waals surface area contributed by atoms with Crippen molar-refractivity contribution in [3.8, 4) is 5.75 Å². The number of amides is 2. The lowest BCUT2D eigenvalue weighted by molar-refractivity contribution is -0.140. The second-order valence-electron chi connectivity index (χ2n) is 11.3. The van der Waals surface area contributed by atoms with Gasteiger partial charge in [0.1, 0.15) is 18.3 Å². The van der Waals surface area contributed by atoms with Gasteiger partial charge in [-0.05, 0) is 82.9 Å². The molecule has 0 aromatic heterocycles. The second kappa shape index (κ2) is 17.2. The van der Waals surface area contributed by atoms with Crippen molar-refractivity contribution in [2.75, 3.05) is 24.5 Å². The van der Waals surface area contributed by atoms with Crippen molar-refractivity contribution in [2.45, 2.75) is 50.6 Å². The lowest BCUT2D eigenvalue weighted by Crippen LogP contribution is -2.53. The summed E-state index contributed by atoms with van der Waals surface area (Å²) in [6.07, 6.45) is 1.84. The largest absolute Gasteiger partial charge is 0.496 e. The summed E-state index contributed by atoms with van der Waals surface area (Å²) in [6, 6.07) is 24.7. The van der Waals surface area contributed by atoms with Crippen LogP contribution in [0.3, 0.4) is 0 Å².